The maximum Gasteiger partial charge on any atom is 0.138 e. The Kier molecular flexibility index (Phi) is 4.38. The van der Waals surface area contributed by atoms with E-state index >= 15 is 0 Å². The molecular weight excluding hydrogens is 224 g/mol. The van der Waals surface area contributed by atoms with E-state index in [1.165, 1.54) is 25.7 Å². The van der Waals surface area contributed by atoms with Gasteiger partial charge >= 0.3 is 0 Å². The van der Waals surface area contributed by atoms with E-state index in [1.807, 2.05) is 4.68 Å². The molecule has 18 heavy (non-hydrogen) atoms. The maximum absolute atomic E-state index is 6.57. The summed E-state index contributed by atoms with van der Waals surface area (Å²) in [5.41, 5.74) is 6.51. The molecule has 1 fully saturated rings. The molecule has 0 bridgehead atoms. The molecule has 0 unspecified atom stereocenters. The second-order valence-electron chi connectivity index (χ2n) is 6.21. The molecule has 2 N–H and O–H groups in total. The normalized spacial score (nSPS) is 20.0. The lowest BCUT2D eigenvalue weighted by Gasteiger charge is -2.27. The Morgan fingerprint density at radius 2 is 1.94 bits per heavy atom. The van der Waals surface area contributed by atoms with Gasteiger partial charge < -0.3 is 5.73 Å². The molecule has 4 nitrogen and oxygen atoms in total. The molecule has 2 rings (SSSR count). The average Bonchev–Trinajstić information content (AvgIpc) is 2.59. The molecule has 1 aromatic rings. The number of nitrogens with two attached hydrogens (primary N) is 1. The van der Waals surface area contributed by atoms with Gasteiger partial charge in [0.2, 0.25) is 0 Å². The molecule has 0 spiro atoms. The highest BCUT2D eigenvalue weighted by Gasteiger charge is 2.28. The van der Waals surface area contributed by atoms with E-state index in [-0.39, 0.29) is 5.54 Å². The van der Waals surface area contributed by atoms with Crippen LogP contribution in [0.5, 0.6) is 0 Å². The van der Waals surface area contributed by atoms with Gasteiger partial charge in [0.1, 0.15) is 12.2 Å². The SMILES string of the molecule is CC(C)Cn1ncnc1CC1(N)CCCCCC1. The lowest BCUT2D eigenvalue weighted by Crippen LogP contribution is -2.42. The molecule has 1 aromatic heterocycles. The molecule has 0 aliphatic heterocycles. The van der Waals surface area contributed by atoms with E-state index < -0.39 is 0 Å². The van der Waals surface area contributed by atoms with Crippen LogP contribution in [-0.2, 0) is 13.0 Å². The predicted molar refractivity (Wildman–Crippen MR) is 73.2 cm³/mol. The first kappa shape index (κ1) is 13.5. The van der Waals surface area contributed by atoms with E-state index in [2.05, 4.69) is 23.9 Å². The summed E-state index contributed by atoms with van der Waals surface area (Å²) in [6, 6.07) is 0. The van der Waals surface area contributed by atoms with Crippen molar-refractivity contribution in [3.05, 3.63) is 12.2 Å². The van der Waals surface area contributed by atoms with E-state index in [9.17, 15) is 0 Å². The Balaban J connectivity index is 2.05. The largest absolute Gasteiger partial charge is 0.325 e. The molecule has 4 heteroatoms. The lowest BCUT2D eigenvalue weighted by atomic mass is 9.87. The van der Waals surface area contributed by atoms with E-state index in [0.29, 0.717) is 5.92 Å². The zero-order valence-electron chi connectivity index (χ0n) is 11.7. The van der Waals surface area contributed by atoms with Gasteiger partial charge in [0.25, 0.3) is 0 Å². The third-order valence-electron chi connectivity index (χ3n) is 3.84. The number of rotatable bonds is 4. The van der Waals surface area contributed by atoms with Gasteiger partial charge in [0.05, 0.1) is 0 Å². The minimum atomic E-state index is -0.0573. The third-order valence-corrected chi connectivity index (χ3v) is 3.84. The Labute approximate surface area is 110 Å². The summed E-state index contributed by atoms with van der Waals surface area (Å²) >= 11 is 0. The molecule has 1 aliphatic rings. The fraction of sp³-hybridized carbons (Fsp3) is 0.857. The first-order valence-corrected chi connectivity index (χ1v) is 7.25. The first-order chi connectivity index (χ1) is 8.59. The fourth-order valence-electron chi connectivity index (χ4n) is 2.85. The Morgan fingerprint density at radius 1 is 1.28 bits per heavy atom. The molecule has 1 aliphatic carbocycles. The zero-order valence-corrected chi connectivity index (χ0v) is 11.7. The maximum atomic E-state index is 6.57. The summed E-state index contributed by atoms with van der Waals surface area (Å²) in [6.45, 7) is 5.34. The smallest absolute Gasteiger partial charge is 0.138 e. The fourth-order valence-corrected chi connectivity index (χ4v) is 2.85. The van der Waals surface area contributed by atoms with Crippen LogP contribution in [0.2, 0.25) is 0 Å². The van der Waals surface area contributed by atoms with Crippen molar-refractivity contribution in [1.29, 1.82) is 0 Å². The van der Waals surface area contributed by atoms with Crippen molar-refractivity contribution in [1.82, 2.24) is 14.8 Å². The molecule has 1 heterocycles. The monoisotopic (exact) mass is 250 g/mol. The van der Waals surface area contributed by atoms with Gasteiger partial charge in [-0.3, -0.25) is 0 Å². The summed E-state index contributed by atoms with van der Waals surface area (Å²) in [6.07, 6.45) is 9.97. The predicted octanol–water partition coefficient (Wildman–Crippen LogP) is 2.53. The van der Waals surface area contributed by atoms with Crippen LogP contribution in [0.1, 0.15) is 58.2 Å². The van der Waals surface area contributed by atoms with Crippen LogP contribution >= 0.6 is 0 Å². The molecule has 0 saturated heterocycles. The minimum absolute atomic E-state index is 0.0573. The number of nitrogens with zero attached hydrogens (tertiary/aromatic N) is 3. The van der Waals surface area contributed by atoms with Crippen LogP contribution in [0.25, 0.3) is 0 Å². The quantitative estimate of drug-likeness (QED) is 0.835. The summed E-state index contributed by atoms with van der Waals surface area (Å²) in [5, 5.41) is 4.33. The topological polar surface area (TPSA) is 56.7 Å². The van der Waals surface area contributed by atoms with Crippen LogP contribution in [0.15, 0.2) is 6.33 Å². The van der Waals surface area contributed by atoms with Crippen molar-refractivity contribution in [2.75, 3.05) is 0 Å². The molecule has 0 amide bonds. The molecule has 1 saturated carbocycles. The summed E-state index contributed by atoms with van der Waals surface area (Å²) in [7, 11) is 0. The van der Waals surface area contributed by atoms with Gasteiger partial charge in [-0.15, -0.1) is 0 Å². The van der Waals surface area contributed by atoms with Crippen molar-refractivity contribution in [3.8, 4) is 0 Å². The lowest BCUT2D eigenvalue weighted by molar-refractivity contribution is 0.348. The highest BCUT2D eigenvalue weighted by Crippen LogP contribution is 2.27. The van der Waals surface area contributed by atoms with Crippen molar-refractivity contribution >= 4 is 0 Å². The van der Waals surface area contributed by atoms with Crippen molar-refractivity contribution in [2.24, 2.45) is 11.7 Å². The first-order valence-electron chi connectivity index (χ1n) is 7.25. The second kappa shape index (κ2) is 5.83. The standard InChI is InChI=1S/C14H26N4/c1-12(2)10-18-13(16-11-17-18)9-14(15)7-5-3-4-6-8-14/h11-12H,3-10,15H2,1-2H3. The van der Waals surface area contributed by atoms with Crippen LogP contribution in [-0.4, -0.2) is 20.3 Å². The molecule has 0 atom stereocenters. The Bertz CT molecular complexity index is 362. The van der Waals surface area contributed by atoms with Gasteiger partial charge in [-0.2, -0.15) is 5.10 Å². The highest BCUT2D eigenvalue weighted by molar-refractivity contribution is 4.98. The molecular formula is C14H26N4. The zero-order chi connectivity index (χ0) is 13.0. The number of hydrogen-bond acceptors (Lipinski definition) is 3. The number of aromatic nitrogens is 3. The number of hydrogen-bond donors (Lipinski definition) is 1. The van der Waals surface area contributed by atoms with E-state index in [1.54, 1.807) is 6.33 Å². The van der Waals surface area contributed by atoms with Gasteiger partial charge in [0, 0.05) is 18.5 Å². The second-order valence-corrected chi connectivity index (χ2v) is 6.21. The van der Waals surface area contributed by atoms with Crippen molar-refractivity contribution < 1.29 is 0 Å². The van der Waals surface area contributed by atoms with E-state index in [0.717, 1.165) is 31.6 Å². The van der Waals surface area contributed by atoms with Crippen LogP contribution in [0.4, 0.5) is 0 Å². The summed E-state index contributed by atoms with van der Waals surface area (Å²) in [4.78, 5) is 4.41. The van der Waals surface area contributed by atoms with Crippen molar-refractivity contribution in [3.63, 3.8) is 0 Å². The van der Waals surface area contributed by atoms with Gasteiger partial charge in [-0.1, -0.05) is 39.5 Å². The minimum Gasteiger partial charge on any atom is -0.325 e. The summed E-state index contributed by atoms with van der Waals surface area (Å²) in [5.74, 6) is 1.65. The van der Waals surface area contributed by atoms with Crippen molar-refractivity contribution in [2.45, 2.75) is 70.9 Å². The van der Waals surface area contributed by atoms with Crippen LogP contribution in [0.3, 0.4) is 0 Å². The van der Waals surface area contributed by atoms with Gasteiger partial charge in [-0.25, -0.2) is 9.67 Å². The van der Waals surface area contributed by atoms with Crippen LogP contribution in [0, 0.1) is 5.92 Å². The molecule has 102 valence electrons. The third kappa shape index (κ3) is 3.55. The molecule has 0 radical (unpaired) electrons. The summed E-state index contributed by atoms with van der Waals surface area (Å²) < 4.78 is 2.03. The van der Waals surface area contributed by atoms with E-state index in [4.69, 9.17) is 5.73 Å². The van der Waals surface area contributed by atoms with Crippen LogP contribution < -0.4 is 5.73 Å². The highest BCUT2D eigenvalue weighted by atomic mass is 15.3. The Hall–Kier alpha value is -0.900. The average molecular weight is 250 g/mol. The van der Waals surface area contributed by atoms with Gasteiger partial charge in [0.15, 0.2) is 0 Å². The van der Waals surface area contributed by atoms with Gasteiger partial charge in [-0.05, 0) is 18.8 Å². The molecule has 0 aromatic carbocycles. The Morgan fingerprint density at radius 3 is 2.56 bits per heavy atom.